The molecular weight excluding hydrogens is 252 g/mol. The minimum Gasteiger partial charge on any atom is -0.352 e. The zero-order valence-corrected chi connectivity index (χ0v) is 12.8. The highest BCUT2D eigenvalue weighted by atomic mass is 16.2. The molecule has 0 spiro atoms. The number of hydrogen-bond acceptors (Lipinski definition) is 2. The molecule has 0 aromatic heterocycles. The standard InChI is InChI=1S/C16H24N2O2/c1-16(2,3)17-14(19)11-8-12-15(20)18(4)13-9-6-5-7-10-13/h5-7,9-10H,8,11-12H2,1-4H3,(H,17,19). The van der Waals surface area contributed by atoms with E-state index in [1.165, 1.54) is 0 Å². The molecule has 1 N–H and O–H groups in total. The lowest BCUT2D eigenvalue weighted by Gasteiger charge is -2.20. The Kier molecular flexibility index (Phi) is 5.74. The van der Waals surface area contributed by atoms with Gasteiger partial charge in [-0.25, -0.2) is 0 Å². The fraction of sp³-hybridized carbons (Fsp3) is 0.500. The molecule has 0 atom stereocenters. The van der Waals surface area contributed by atoms with Gasteiger partial charge in [0.05, 0.1) is 0 Å². The van der Waals surface area contributed by atoms with Crippen molar-refractivity contribution in [2.75, 3.05) is 11.9 Å². The van der Waals surface area contributed by atoms with Crippen molar-refractivity contribution in [3.8, 4) is 0 Å². The first-order chi connectivity index (χ1) is 9.29. The zero-order valence-electron chi connectivity index (χ0n) is 12.8. The summed E-state index contributed by atoms with van der Waals surface area (Å²) in [7, 11) is 1.76. The maximum absolute atomic E-state index is 12.0. The van der Waals surface area contributed by atoms with E-state index in [4.69, 9.17) is 0 Å². The van der Waals surface area contributed by atoms with Crippen molar-refractivity contribution in [1.82, 2.24) is 5.32 Å². The van der Waals surface area contributed by atoms with Gasteiger partial charge in [-0.1, -0.05) is 18.2 Å². The molecule has 0 aliphatic heterocycles. The molecule has 0 bridgehead atoms. The first-order valence-corrected chi connectivity index (χ1v) is 6.92. The number of hydrogen-bond donors (Lipinski definition) is 1. The lowest BCUT2D eigenvalue weighted by atomic mass is 10.1. The highest BCUT2D eigenvalue weighted by Crippen LogP contribution is 2.13. The summed E-state index contributed by atoms with van der Waals surface area (Å²) in [6.07, 6.45) is 1.33. The summed E-state index contributed by atoms with van der Waals surface area (Å²) >= 11 is 0. The van der Waals surface area contributed by atoms with Crippen LogP contribution in [0.25, 0.3) is 0 Å². The van der Waals surface area contributed by atoms with Crippen LogP contribution in [0.4, 0.5) is 5.69 Å². The second-order valence-corrected chi connectivity index (χ2v) is 5.94. The van der Waals surface area contributed by atoms with E-state index in [9.17, 15) is 9.59 Å². The van der Waals surface area contributed by atoms with Crippen molar-refractivity contribution in [3.05, 3.63) is 30.3 Å². The molecule has 0 radical (unpaired) electrons. The van der Waals surface area contributed by atoms with Gasteiger partial charge < -0.3 is 10.2 Å². The molecule has 20 heavy (non-hydrogen) atoms. The number of nitrogens with zero attached hydrogens (tertiary/aromatic N) is 1. The Morgan fingerprint density at radius 3 is 2.25 bits per heavy atom. The summed E-state index contributed by atoms with van der Waals surface area (Å²) in [6, 6.07) is 9.50. The highest BCUT2D eigenvalue weighted by Gasteiger charge is 2.15. The maximum Gasteiger partial charge on any atom is 0.226 e. The predicted molar refractivity (Wildman–Crippen MR) is 81.6 cm³/mol. The van der Waals surface area contributed by atoms with Crippen LogP contribution in [0, 0.1) is 0 Å². The fourth-order valence-electron chi connectivity index (χ4n) is 1.84. The molecule has 1 aromatic carbocycles. The van der Waals surface area contributed by atoms with Crippen LogP contribution >= 0.6 is 0 Å². The summed E-state index contributed by atoms with van der Waals surface area (Å²) in [4.78, 5) is 25.3. The molecule has 0 aliphatic carbocycles. The zero-order chi connectivity index (χ0) is 15.2. The van der Waals surface area contributed by atoms with E-state index in [0.29, 0.717) is 19.3 Å². The fourth-order valence-corrected chi connectivity index (χ4v) is 1.84. The van der Waals surface area contributed by atoms with Gasteiger partial charge in [-0.2, -0.15) is 0 Å². The molecule has 110 valence electrons. The number of para-hydroxylation sites is 1. The molecule has 1 rings (SSSR count). The molecule has 2 amide bonds. The lowest BCUT2D eigenvalue weighted by Crippen LogP contribution is -2.40. The minimum atomic E-state index is -0.220. The molecule has 1 aromatic rings. The van der Waals surface area contributed by atoms with Gasteiger partial charge in [0.15, 0.2) is 0 Å². The molecule has 0 saturated carbocycles. The monoisotopic (exact) mass is 276 g/mol. The van der Waals surface area contributed by atoms with Gasteiger partial charge in [0.25, 0.3) is 0 Å². The smallest absolute Gasteiger partial charge is 0.226 e. The second kappa shape index (κ2) is 7.08. The molecule has 0 fully saturated rings. The molecule has 0 aliphatic rings. The number of carbonyl (C=O) groups excluding carboxylic acids is 2. The quantitative estimate of drug-likeness (QED) is 0.899. The van der Waals surface area contributed by atoms with Crippen LogP contribution in [-0.4, -0.2) is 24.4 Å². The maximum atomic E-state index is 12.0. The van der Waals surface area contributed by atoms with Crippen molar-refractivity contribution >= 4 is 17.5 Å². The molecule has 0 unspecified atom stereocenters. The number of nitrogens with one attached hydrogen (secondary N) is 1. The first-order valence-electron chi connectivity index (χ1n) is 6.92. The summed E-state index contributed by atoms with van der Waals surface area (Å²) in [5.41, 5.74) is 0.652. The normalized spacial score (nSPS) is 11.0. The molecule has 4 nitrogen and oxygen atoms in total. The van der Waals surface area contributed by atoms with Gasteiger partial charge >= 0.3 is 0 Å². The van der Waals surface area contributed by atoms with Gasteiger partial charge in [-0.05, 0) is 39.3 Å². The van der Waals surface area contributed by atoms with Gasteiger partial charge in [0, 0.05) is 31.1 Å². The average Bonchev–Trinajstić information content (AvgIpc) is 2.36. The minimum absolute atomic E-state index is 0.00679. The summed E-state index contributed by atoms with van der Waals surface area (Å²) < 4.78 is 0. The van der Waals surface area contributed by atoms with E-state index < -0.39 is 0 Å². The Balaban J connectivity index is 2.35. The van der Waals surface area contributed by atoms with Crippen LogP contribution in [0.5, 0.6) is 0 Å². The molecule has 4 heteroatoms. The Hall–Kier alpha value is -1.84. The van der Waals surface area contributed by atoms with Crippen LogP contribution in [0.3, 0.4) is 0 Å². The number of amides is 2. The largest absolute Gasteiger partial charge is 0.352 e. The topological polar surface area (TPSA) is 49.4 Å². The van der Waals surface area contributed by atoms with E-state index in [0.717, 1.165) is 5.69 Å². The Morgan fingerprint density at radius 1 is 1.10 bits per heavy atom. The summed E-state index contributed by atoms with van der Waals surface area (Å²) in [5, 5.41) is 2.89. The van der Waals surface area contributed by atoms with Crippen LogP contribution in [0.15, 0.2) is 30.3 Å². The number of benzene rings is 1. The average molecular weight is 276 g/mol. The molecule has 0 saturated heterocycles. The Bertz CT molecular complexity index is 449. The molecular formula is C16H24N2O2. The van der Waals surface area contributed by atoms with E-state index in [-0.39, 0.29) is 17.4 Å². The molecule has 0 heterocycles. The van der Waals surface area contributed by atoms with Crippen molar-refractivity contribution < 1.29 is 9.59 Å². The number of rotatable bonds is 5. The van der Waals surface area contributed by atoms with E-state index in [2.05, 4.69) is 5.32 Å². The van der Waals surface area contributed by atoms with Crippen molar-refractivity contribution in [2.24, 2.45) is 0 Å². The number of anilines is 1. The Labute approximate surface area is 121 Å². The predicted octanol–water partition coefficient (Wildman–Crippen LogP) is 2.73. The van der Waals surface area contributed by atoms with Crippen LogP contribution < -0.4 is 10.2 Å². The van der Waals surface area contributed by atoms with Gasteiger partial charge in [-0.15, -0.1) is 0 Å². The third kappa shape index (κ3) is 5.87. The Morgan fingerprint density at radius 2 is 1.70 bits per heavy atom. The van der Waals surface area contributed by atoms with Crippen molar-refractivity contribution in [1.29, 1.82) is 0 Å². The summed E-state index contributed by atoms with van der Waals surface area (Å²) in [5.74, 6) is 0.0208. The van der Waals surface area contributed by atoms with Gasteiger partial charge in [0.2, 0.25) is 11.8 Å². The van der Waals surface area contributed by atoms with Crippen molar-refractivity contribution in [3.63, 3.8) is 0 Å². The third-order valence-corrected chi connectivity index (χ3v) is 2.83. The van der Waals surface area contributed by atoms with E-state index in [1.54, 1.807) is 11.9 Å². The van der Waals surface area contributed by atoms with Crippen LogP contribution in [0.1, 0.15) is 40.0 Å². The van der Waals surface area contributed by atoms with E-state index >= 15 is 0 Å². The lowest BCUT2D eigenvalue weighted by molar-refractivity contribution is -0.122. The second-order valence-electron chi connectivity index (χ2n) is 5.94. The van der Waals surface area contributed by atoms with Crippen LogP contribution in [-0.2, 0) is 9.59 Å². The SMILES string of the molecule is CN(C(=O)CCCC(=O)NC(C)(C)C)c1ccccc1. The van der Waals surface area contributed by atoms with Gasteiger partial charge in [-0.3, -0.25) is 9.59 Å². The van der Waals surface area contributed by atoms with E-state index in [1.807, 2.05) is 51.1 Å². The summed E-state index contributed by atoms with van der Waals surface area (Å²) in [6.45, 7) is 5.83. The van der Waals surface area contributed by atoms with Gasteiger partial charge in [0.1, 0.15) is 0 Å². The van der Waals surface area contributed by atoms with Crippen molar-refractivity contribution in [2.45, 2.75) is 45.6 Å². The first kappa shape index (κ1) is 16.2. The number of carbonyl (C=O) groups is 2. The highest BCUT2D eigenvalue weighted by molar-refractivity contribution is 5.93. The van der Waals surface area contributed by atoms with Crippen LogP contribution in [0.2, 0.25) is 0 Å². The third-order valence-electron chi connectivity index (χ3n) is 2.83.